The lowest BCUT2D eigenvalue weighted by Crippen LogP contribution is -2.51. The number of carboxylic acids is 1. The fourth-order valence-corrected chi connectivity index (χ4v) is 3.05. The number of rotatable bonds is 6. The molecule has 0 saturated heterocycles. The highest BCUT2D eigenvalue weighted by Crippen LogP contribution is 2.50. The predicted molar refractivity (Wildman–Crippen MR) is 85.9 cm³/mol. The summed E-state index contributed by atoms with van der Waals surface area (Å²) in [6.07, 6.45) is 0.363. The molecule has 126 valence electrons. The van der Waals surface area contributed by atoms with Crippen molar-refractivity contribution in [3.05, 3.63) is 34.6 Å². The number of hydrogen-bond donors (Lipinski definition) is 2. The molecule has 0 radical (unpaired) electrons. The van der Waals surface area contributed by atoms with Gasteiger partial charge < -0.3 is 10.4 Å². The molecule has 1 aliphatic rings. The normalized spacial score (nSPS) is 22.5. The van der Waals surface area contributed by atoms with E-state index in [-0.39, 0.29) is 30.1 Å². The minimum atomic E-state index is -0.967. The van der Waals surface area contributed by atoms with Crippen LogP contribution in [0.4, 0.5) is 4.39 Å². The first kappa shape index (κ1) is 17.7. The molecule has 3 atom stereocenters. The molecule has 2 N–H and O–H groups in total. The maximum absolute atomic E-state index is 13.9. The van der Waals surface area contributed by atoms with E-state index in [0.717, 1.165) is 0 Å². The van der Waals surface area contributed by atoms with Crippen molar-refractivity contribution in [2.75, 3.05) is 0 Å². The Morgan fingerprint density at radius 2 is 2.13 bits per heavy atom. The van der Waals surface area contributed by atoms with Gasteiger partial charge in [0.1, 0.15) is 5.82 Å². The third-order valence-corrected chi connectivity index (χ3v) is 5.03. The topological polar surface area (TPSA) is 66.4 Å². The van der Waals surface area contributed by atoms with E-state index in [1.807, 2.05) is 13.8 Å². The summed E-state index contributed by atoms with van der Waals surface area (Å²) in [5, 5.41) is 12.2. The number of hydrogen-bond acceptors (Lipinski definition) is 2. The second-order valence-electron chi connectivity index (χ2n) is 6.72. The van der Waals surface area contributed by atoms with Crippen molar-refractivity contribution in [1.82, 2.24) is 5.32 Å². The van der Waals surface area contributed by atoms with Gasteiger partial charge >= 0.3 is 5.97 Å². The SMILES string of the molecule is CC(C)C(C)(CC(=O)O)NC(=O)C1CC1c1c(F)cccc1Cl. The second kappa shape index (κ2) is 6.48. The minimum Gasteiger partial charge on any atom is -0.481 e. The van der Waals surface area contributed by atoms with Gasteiger partial charge in [0.05, 0.1) is 6.42 Å². The Morgan fingerprint density at radius 3 is 2.65 bits per heavy atom. The Kier molecular flexibility index (Phi) is 4.99. The molecule has 0 heterocycles. The molecular formula is C17H21ClFNO3. The van der Waals surface area contributed by atoms with Gasteiger partial charge in [-0.25, -0.2) is 4.39 Å². The van der Waals surface area contributed by atoms with Crippen LogP contribution in [0.1, 0.15) is 45.1 Å². The third-order valence-electron chi connectivity index (χ3n) is 4.70. The zero-order valence-corrected chi connectivity index (χ0v) is 14.2. The van der Waals surface area contributed by atoms with E-state index in [2.05, 4.69) is 5.32 Å². The minimum absolute atomic E-state index is 0.0446. The van der Waals surface area contributed by atoms with Crippen molar-refractivity contribution in [2.24, 2.45) is 11.8 Å². The third kappa shape index (κ3) is 3.83. The molecule has 1 amide bonds. The molecule has 1 aliphatic carbocycles. The van der Waals surface area contributed by atoms with Gasteiger partial charge in [0.2, 0.25) is 5.91 Å². The van der Waals surface area contributed by atoms with Crippen LogP contribution in [0.2, 0.25) is 5.02 Å². The first-order chi connectivity index (χ1) is 10.7. The van der Waals surface area contributed by atoms with E-state index in [1.165, 1.54) is 12.1 Å². The van der Waals surface area contributed by atoms with Crippen LogP contribution in [0.5, 0.6) is 0 Å². The van der Waals surface area contributed by atoms with Gasteiger partial charge in [-0.15, -0.1) is 0 Å². The van der Waals surface area contributed by atoms with Crippen molar-refractivity contribution >= 4 is 23.5 Å². The summed E-state index contributed by atoms with van der Waals surface area (Å²) in [5.74, 6) is -2.27. The van der Waals surface area contributed by atoms with E-state index in [0.29, 0.717) is 17.0 Å². The molecule has 1 aromatic rings. The van der Waals surface area contributed by atoms with E-state index in [1.54, 1.807) is 13.0 Å². The van der Waals surface area contributed by atoms with Crippen molar-refractivity contribution in [3.8, 4) is 0 Å². The molecule has 23 heavy (non-hydrogen) atoms. The Balaban J connectivity index is 2.10. The molecule has 3 unspecified atom stereocenters. The standard InChI is InChI=1S/C17H21ClFNO3/c1-9(2)17(3,8-14(21)22)20-16(23)11-7-10(11)15-12(18)5-4-6-13(15)19/h4-6,9-11H,7-8H2,1-3H3,(H,20,23)(H,21,22). The van der Waals surface area contributed by atoms with Crippen LogP contribution in [-0.2, 0) is 9.59 Å². The largest absolute Gasteiger partial charge is 0.481 e. The molecule has 1 fully saturated rings. The molecule has 1 saturated carbocycles. The predicted octanol–water partition coefficient (Wildman–Crippen LogP) is 3.59. The van der Waals surface area contributed by atoms with Gasteiger partial charge in [-0.05, 0) is 31.4 Å². The number of halogens is 2. The van der Waals surface area contributed by atoms with Crippen molar-refractivity contribution in [1.29, 1.82) is 0 Å². The summed E-state index contributed by atoms with van der Waals surface area (Å²) in [4.78, 5) is 23.5. The summed E-state index contributed by atoms with van der Waals surface area (Å²) in [5.41, 5.74) is -0.464. The lowest BCUT2D eigenvalue weighted by Gasteiger charge is -2.33. The molecule has 0 bridgehead atoms. The van der Waals surface area contributed by atoms with Crippen molar-refractivity contribution in [2.45, 2.75) is 45.1 Å². The highest BCUT2D eigenvalue weighted by molar-refractivity contribution is 6.31. The monoisotopic (exact) mass is 341 g/mol. The van der Waals surface area contributed by atoms with Crippen LogP contribution in [0.15, 0.2) is 18.2 Å². The Hall–Kier alpha value is -1.62. The van der Waals surface area contributed by atoms with Crippen LogP contribution in [-0.4, -0.2) is 22.5 Å². The smallest absolute Gasteiger partial charge is 0.305 e. The van der Waals surface area contributed by atoms with E-state index in [9.17, 15) is 14.0 Å². The summed E-state index contributed by atoms with van der Waals surface area (Å²) in [6.45, 7) is 5.44. The summed E-state index contributed by atoms with van der Waals surface area (Å²) in [7, 11) is 0. The fourth-order valence-electron chi connectivity index (χ4n) is 2.75. The van der Waals surface area contributed by atoms with Crippen LogP contribution in [0.25, 0.3) is 0 Å². The summed E-state index contributed by atoms with van der Waals surface area (Å²) in [6, 6.07) is 4.47. The number of carbonyl (C=O) groups excluding carboxylic acids is 1. The molecule has 0 spiro atoms. The fraction of sp³-hybridized carbons (Fsp3) is 0.529. The van der Waals surface area contributed by atoms with E-state index < -0.39 is 17.3 Å². The van der Waals surface area contributed by atoms with Crippen LogP contribution in [0.3, 0.4) is 0 Å². The van der Waals surface area contributed by atoms with Crippen LogP contribution in [0, 0.1) is 17.7 Å². The van der Waals surface area contributed by atoms with Crippen molar-refractivity contribution < 1.29 is 19.1 Å². The zero-order valence-electron chi connectivity index (χ0n) is 13.4. The molecule has 6 heteroatoms. The number of carboxylic acid groups (broad SMARTS) is 1. The average molecular weight is 342 g/mol. The van der Waals surface area contributed by atoms with Gasteiger partial charge in [-0.1, -0.05) is 31.5 Å². The average Bonchev–Trinajstić information content (AvgIpc) is 3.17. The summed E-state index contributed by atoms with van der Waals surface area (Å²) < 4.78 is 13.9. The first-order valence-electron chi connectivity index (χ1n) is 7.63. The first-order valence-corrected chi connectivity index (χ1v) is 8.01. The van der Waals surface area contributed by atoms with Gasteiger partial charge in [-0.2, -0.15) is 0 Å². The summed E-state index contributed by atoms with van der Waals surface area (Å²) >= 11 is 6.04. The molecular weight excluding hydrogens is 321 g/mol. The number of amides is 1. The molecule has 2 rings (SSSR count). The van der Waals surface area contributed by atoms with E-state index >= 15 is 0 Å². The lowest BCUT2D eigenvalue weighted by molar-refractivity contribution is -0.139. The number of aliphatic carboxylic acids is 1. The highest BCUT2D eigenvalue weighted by atomic mass is 35.5. The Labute approximate surface area is 140 Å². The Morgan fingerprint density at radius 1 is 1.48 bits per heavy atom. The number of nitrogens with one attached hydrogen (secondary N) is 1. The van der Waals surface area contributed by atoms with Gasteiger partial charge in [0, 0.05) is 28.0 Å². The lowest BCUT2D eigenvalue weighted by atomic mass is 9.85. The highest BCUT2D eigenvalue weighted by Gasteiger charge is 2.48. The molecule has 4 nitrogen and oxygen atoms in total. The second-order valence-corrected chi connectivity index (χ2v) is 7.12. The van der Waals surface area contributed by atoms with Gasteiger partial charge in [0.15, 0.2) is 0 Å². The van der Waals surface area contributed by atoms with Gasteiger partial charge in [0.25, 0.3) is 0 Å². The maximum Gasteiger partial charge on any atom is 0.305 e. The van der Waals surface area contributed by atoms with Crippen molar-refractivity contribution in [3.63, 3.8) is 0 Å². The van der Waals surface area contributed by atoms with Crippen LogP contribution < -0.4 is 5.32 Å². The number of carbonyl (C=O) groups is 2. The van der Waals surface area contributed by atoms with Crippen LogP contribution >= 0.6 is 11.6 Å². The van der Waals surface area contributed by atoms with Gasteiger partial charge in [-0.3, -0.25) is 9.59 Å². The maximum atomic E-state index is 13.9. The number of benzene rings is 1. The molecule has 0 aliphatic heterocycles. The molecule has 1 aromatic carbocycles. The quantitative estimate of drug-likeness (QED) is 0.831. The molecule has 0 aromatic heterocycles. The van der Waals surface area contributed by atoms with E-state index in [4.69, 9.17) is 16.7 Å². The Bertz CT molecular complexity index is 614. The zero-order chi connectivity index (χ0) is 17.4.